The zero-order chi connectivity index (χ0) is 37.6. The highest BCUT2D eigenvalue weighted by atomic mass is 16.3. The third kappa shape index (κ3) is 5.43. The van der Waals surface area contributed by atoms with Gasteiger partial charge in [0.1, 0.15) is 5.58 Å². The zero-order valence-electron chi connectivity index (χ0n) is 32.0. The molecule has 0 radical (unpaired) electrons. The molecule has 50 heavy (non-hydrogen) atoms. The van der Waals surface area contributed by atoms with E-state index >= 15 is 0 Å². The Bertz CT molecular complexity index is 2820. The van der Waals surface area contributed by atoms with E-state index in [1.54, 1.807) is 0 Å². The first-order valence-electron chi connectivity index (χ1n) is 19.1. The molecule has 0 spiro atoms. The van der Waals surface area contributed by atoms with Crippen molar-refractivity contribution in [3.8, 4) is 44.5 Å². The SMILES string of the molecule is [2H]c1c([2H])c([2H])c(-c2ccc(N(c3ccc(-c4ccc(-c5ccccc5)c(-c5ccccc5)c4)cc3)c3cccc4c3oc3ccccc34)cc2)c([2H])c1[2H]. The molecule has 0 aliphatic rings. The van der Waals surface area contributed by atoms with Gasteiger partial charge in [0.2, 0.25) is 0 Å². The van der Waals surface area contributed by atoms with Crippen molar-refractivity contribution in [1.29, 1.82) is 0 Å². The summed E-state index contributed by atoms with van der Waals surface area (Å²) in [6, 6.07) is 56.0. The minimum absolute atomic E-state index is 0.168. The Morgan fingerprint density at radius 1 is 0.400 bits per heavy atom. The molecule has 8 aromatic carbocycles. The number of furan rings is 1. The van der Waals surface area contributed by atoms with Gasteiger partial charge in [0.05, 0.1) is 12.5 Å². The van der Waals surface area contributed by atoms with Crippen LogP contribution in [0.3, 0.4) is 0 Å². The van der Waals surface area contributed by atoms with Gasteiger partial charge in [-0.1, -0.05) is 158 Å². The molecular formula is C48H33NO. The molecule has 0 atom stereocenters. The van der Waals surface area contributed by atoms with Gasteiger partial charge in [0.25, 0.3) is 0 Å². The number of rotatable bonds is 7. The van der Waals surface area contributed by atoms with Crippen molar-refractivity contribution in [3.05, 3.63) is 200 Å². The fraction of sp³-hybridized carbons (Fsp3) is 0. The third-order valence-electron chi connectivity index (χ3n) is 9.19. The number of benzene rings is 8. The topological polar surface area (TPSA) is 16.4 Å². The highest BCUT2D eigenvalue weighted by molar-refractivity contribution is 6.10. The summed E-state index contributed by atoms with van der Waals surface area (Å²) in [5.74, 6) is 0. The number of para-hydroxylation sites is 2. The summed E-state index contributed by atoms with van der Waals surface area (Å²) < 4.78 is 48.0. The van der Waals surface area contributed by atoms with Crippen LogP contribution in [-0.4, -0.2) is 0 Å². The molecule has 2 heteroatoms. The Kier molecular flexibility index (Phi) is 6.25. The summed E-state index contributed by atoms with van der Waals surface area (Å²) in [6.07, 6.45) is 0. The van der Waals surface area contributed by atoms with Gasteiger partial charge < -0.3 is 9.32 Å². The fourth-order valence-corrected chi connectivity index (χ4v) is 6.76. The van der Waals surface area contributed by atoms with Crippen LogP contribution in [0.1, 0.15) is 6.85 Å². The first-order valence-corrected chi connectivity index (χ1v) is 16.6. The summed E-state index contributed by atoms with van der Waals surface area (Å²) in [4.78, 5) is 2.13. The van der Waals surface area contributed by atoms with Crippen LogP contribution in [0, 0.1) is 0 Å². The lowest BCUT2D eigenvalue weighted by Gasteiger charge is -2.26. The first kappa shape index (κ1) is 24.5. The molecule has 2 nitrogen and oxygen atoms in total. The lowest BCUT2D eigenvalue weighted by atomic mass is 9.91. The molecular weight excluding hydrogens is 607 g/mol. The summed E-state index contributed by atoms with van der Waals surface area (Å²) >= 11 is 0. The summed E-state index contributed by atoms with van der Waals surface area (Å²) in [5.41, 5.74) is 11.6. The van der Waals surface area contributed by atoms with Crippen molar-refractivity contribution in [3.63, 3.8) is 0 Å². The molecule has 0 fully saturated rings. The second kappa shape index (κ2) is 12.8. The first-order chi connectivity index (χ1) is 26.9. The smallest absolute Gasteiger partial charge is 0.159 e. The predicted octanol–water partition coefficient (Wildman–Crippen LogP) is 13.7. The van der Waals surface area contributed by atoms with Gasteiger partial charge in [-0.3, -0.25) is 0 Å². The van der Waals surface area contributed by atoms with E-state index in [4.69, 9.17) is 11.3 Å². The molecule has 0 amide bonds. The van der Waals surface area contributed by atoms with Crippen LogP contribution < -0.4 is 4.90 Å². The van der Waals surface area contributed by atoms with Crippen molar-refractivity contribution < 1.29 is 11.3 Å². The fourth-order valence-electron chi connectivity index (χ4n) is 6.76. The van der Waals surface area contributed by atoms with Gasteiger partial charge in [-0.05, 0) is 87.0 Å². The Morgan fingerprint density at radius 2 is 0.960 bits per heavy atom. The number of hydrogen-bond donors (Lipinski definition) is 0. The van der Waals surface area contributed by atoms with Crippen molar-refractivity contribution in [2.75, 3.05) is 4.90 Å². The van der Waals surface area contributed by atoms with E-state index in [9.17, 15) is 0 Å². The molecule has 0 saturated carbocycles. The van der Waals surface area contributed by atoms with Crippen molar-refractivity contribution in [2.24, 2.45) is 0 Å². The molecule has 0 N–H and O–H groups in total. The summed E-state index contributed by atoms with van der Waals surface area (Å²) in [5, 5.41) is 2.02. The van der Waals surface area contributed by atoms with Crippen molar-refractivity contribution in [2.45, 2.75) is 0 Å². The van der Waals surface area contributed by atoms with Gasteiger partial charge in [-0.15, -0.1) is 0 Å². The van der Waals surface area contributed by atoms with E-state index < -0.39 is 6.04 Å². The molecule has 0 saturated heterocycles. The Morgan fingerprint density at radius 3 is 1.64 bits per heavy atom. The van der Waals surface area contributed by atoms with Crippen LogP contribution in [0.25, 0.3) is 66.4 Å². The molecule has 0 bridgehead atoms. The summed E-state index contributed by atoms with van der Waals surface area (Å²) in [6.45, 7) is 0. The maximum absolute atomic E-state index is 8.54. The molecule has 9 aromatic rings. The van der Waals surface area contributed by atoms with E-state index in [0.29, 0.717) is 5.56 Å². The third-order valence-corrected chi connectivity index (χ3v) is 9.19. The number of nitrogens with zero attached hydrogens (tertiary/aromatic N) is 1. The van der Waals surface area contributed by atoms with E-state index in [0.717, 1.165) is 66.8 Å². The highest BCUT2D eigenvalue weighted by Crippen LogP contribution is 2.43. The highest BCUT2D eigenvalue weighted by Gasteiger charge is 2.20. The molecule has 0 aliphatic heterocycles. The van der Waals surface area contributed by atoms with Crippen LogP contribution in [0.15, 0.2) is 204 Å². The normalized spacial score (nSPS) is 12.6. The van der Waals surface area contributed by atoms with E-state index in [1.807, 2.05) is 66.7 Å². The van der Waals surface area contributed by atoms with Crippen LogP contribution in [0.5, 0.6) is 0 Å². The van der Waals surface area contributed by atoms with Gasteiger partial charge >= 0.3 is 0 Å². The van der Waals surface area contributed by atoms with Crippen LogP contribution in [0.2, 0.25) is 0 Å². The molecule has 0 aliphatic carbocycles. The second-order valence-corrected chi connectivity index (χ2v) is 12.2. The minimum Gasteiger partial charge on any atom is -0.454 e. The average molecular weight is 645 g/mol. The molecule has 236 valence electrons. The van der Waals surface area contributed by atoms with Crippen LogP contribution in [0.4, 0.5) is 17.1 Å². The molecule has 1 aromatic heterocycles. The molecule has 9 rings (SSSR count). The Balaban J connectivity index is 1.16. The van der Waals surface area contributed by atoms with Crippen LogP contribution in [-0.2, 0) is 0 Å². The maximum Gasteiger partial charge on any atom is 0.159 e. The lowest BCUT2D eigenvalue weighted by Crippen LogP contribution is -2.10. The minimum atomic E-state index is -0.410. The van der Waals surface area contributed by atoms with E-state index in [1.165, 1.54) is 5.56 Å². The van der Waals surface area contributed by atoms with E-state index in [2.05, 4.69) is 108 Å². The lowest BCUT2D eigenvalue weighted by molar-refractivity contribution is 0.669. The van der Waals surface area contributed by atoms with Gasteiger partial charge in [0, 0.05) is 22.1 Å². The maximum atomic E-state index is 8.54. The van der Waals surface area contributed by atoms with Crippen molar-refractivity contribution >= 4 is 39.0 Å². The molecule has 1 heterocycles. The number of hydrogen-bond acceptors (Lipinski definition) is 2. The standard InChI is InChI=1S/C48H33NO/c1-4-13-34(14-5-1)35-23-28-40(29-24-35)49(46-21-12-20-44-43-19-10-11-22-47(43)50-48(44)46)41-30-25-36(26-31-41)39-27-32-42(37-15-6-2-7-16-37)45(33-39)38-17-8-3-9-18-38/h1-33H/i1D,4D,5D,13D,14D. The number of fused-ring (bicyclic) bond motifs is 3. The Hall–Kier alpha value is -6.64. The zero-order valence-corrected chi connectivity index (χ0v) is 27.0. The van der Waals surface area contributed by atoms with Crippen LogP contribution >= 0.6 is 0 Å². The quantitative estimate of drug-likeness (QED) is 0.172. The number of anilines is 3. The van der Waals surface area contributed by atoms with Gasteiger partial charge in [-0.2, -0.15) is 0 Å². The van der Waals surface area contributed by atoms with Crippen molar-refractivity contribution in [1.82, 2.24) is 0 Å². The summed E-state index contributed by atoms with van der Waals surface area (Å²) in [7, 11) is 0. The largest absolute Gasteiger partial charge is 0.454 e. The Labute approximate surface area is 299 Å². The monoisotopic (exact) mass is 644 g/mol. The average Bonchev–Trinajstić information content (AvgIpc) is 3.63. The van der Waals surface area contributed by atoms with E-state index in [-0.39, 0.29) is 29.7 Å². The molecule has 0 unspecified atom stereocenters. The predicted molar refractivity (Wildman–Crippen MR) is 210 cm³/mol. The second-order valence-electron chi connectivity index (χ2n) is 12.2. The van der Waals surface area contributed by atoms with Gasteiger partial charge in [0.15, 0.2) is 5.58 Å². The van der Waals surface area contributed by atoms with Gasteiger partial charge in [-0.25, -0.2) is 0 Å².